The zero-order valence-electron chi connectivity index (χ0n) is 21.4. The number of amides is 1. The van der Waals surface area contributed by atoms with Crippen LogP contribution in [0.2, 0.25) is 0 Å². The van der Waals surface area contributed by atoms with Gasteiger partial charge in [0.1, 0.15) is 11.5 Å². The van der Waals surface area contributed by atoms with Crippen molar-refractivity contribution in [3.05, 3.63) is 30.2 Å². The van der Waals surface area contributed by atoms with Crippen LogP contribution in [-0.4, -0.2) is 69.0 Å². The van der Waals surface area contributed by atoms with Crippen molar-refractivity contribution in [1.82, 2.24) is 29.4 Å². The Hall–Kier alpha value is -3.76. The number of aromatic nitrogens is 5. The van der Waals surface area contributed by atoms with Gasteiger partial charge in [-0.25, -0.2) is 13.8 Å². The average molecular weight is 512 g/mol. The highest BCUT2D eigenvalue weighted by Crippen LogP contribution is 2.36. The Morgan fingerprint density at radius 1 is 1.22 bits per heavy atom. The fourth-order valence-electron chi connectivity index (χ4n) is 5.25. The Bertz CT molecular complexity index is 1440. The Kier molecular flexibility index (Phi) is 6.70. The van der Waals surface area contributed by atoms with Crippen molar-refractivity contribution in [2.75, 3.05) is 26.5 Å². The zero-order chi connectivity index (χ0) is 26.3. The number of alkyl halides is 2. The Morgan fingerprint density at radius 3 is 2.65 bits per heavy atom. The summed E-state index contributed by atoms with van der Waals surface area (Å²) in [4.78, 5) is 30.9. The molecular weight excluding hydrogens is 480 g/mol. The van der Waals surface area contributed by atoms with Crippen LogP contribution in [0.3, 0.4) is 0 Å². The number of aryl methyl sites for hydroxylation is 1. The molecular formula is C26H31F2N7O2. The summed E-state index contributed by atoms with van der Waals surface area (Å²) in [6.45, 7) is 1.32. The minimum atomic E-state index is -2.48. The molecule has 1 aromatic carbocycles. The van der Waals surface area contributed by atoms with Crippen LogP contribution >= 0.6 is 0 Å². The second-order valence-electron chi connectivity index (χ2n) is 9.77. The number of methoxy groups -OCH3 is 1. The lowest BCUT2D eigenvalue weighted by molar-refractivity contribution is -0.133. The van der Waals surface area contributed by atoms with Crippen LogP contribution < -0.4 is 10.1 Å². The first-order valence-corrected chi connectivity index (χ1v) is 12.4. The summed E-state index contributed by atoms with van der Waals surface area (Å²) in [6, 6.07) is 5.77. The number of imidazole rings is 1. The van der Waals surface area contributed by atoms with E-state index in [1.165, 1.54) is 4.57 Å². The number of benzene rings is 1. The van der Waals surface area contributed by atoms with Gasteiger partial charge < -0.3 is 24.5 Å². The summed E-state index contributed by atoms with van der Waals surface area (Å²) in [5.74, 6) is 1.67. The topological polar surface area (TPSA) is 101 Å². The molecule has 1 amide bonds. The first-order chi connectivity index (χ1) is 17.7. The third kappa shape index (κ3) is 4.82. The number of carbonyl (C=O) groups is 1. The number of hydrogen-bond acceptors (Lipinski definition) is 6. The van der Waals surface area contributed by atoms with Crippen molar-refractivity contribution in [2.24, 2.45) is 5.92 Å². The molecule has 196 valence electrons. The first-order valence-electron chi connectivity index (χ1n) is 12.4. The van der Waals surface area contributed by atoms with Gasteiger partial charge in [0.15, 0.2) is 0 Å². The molecule has 0 bridgehead atoms. The van der Waals surface area contributed by atoms with Gasteiger partial charge in [-0.1, -0.05) is 6.07 Å². The van der Waals surface area contributed by atoms with E-state index in [-0.39, 0.29) is 17.9 Å². The molecule has 1 fully saturated rings. The van der Waals surface area contributed by atoms with Crippen LogP contribution in [0, 0.1) is 12.8 Å². The molecule has 5 rings (SSSR count). The second-order valence-corrected chi connectivity index (χ2v) is 9.77. The number of ether oxygens (including phenoxy) is 1. The molecule has 1 saturated carbocycles. The summed E-state index contributed by atoms with van der Waals surface area (Å²) < 4.78 is 33.5. The van der Waals surface area contributed by atoms with E-state index in [1.54, 1.807) is 33.0 Å². The van der Waals surface area contributed by atoms with E-state index in [9.17, 15) is 13.6 Å². The Balaban J connectivity index is 1.42. The van der Waals surface area contributed by atoms with Crippen LogP contribution in [0.1, 0.15) is 31.5 Å². The highest BCUT2D eigenvalue weighted by atomic mass is 19.3. The van der Waals surface area contributed by atoms with Crippen molar-refractivity contribution in [3.8, 4) is 17.0 Å². The van der Waals surface area contributed by atoms with Crippen molar-refractivity contribution < 1.29 is 18.3 Å². The summed E-state index contributed by atoms with van der Waals surface area (Å²) >= 11 is 0. The maximum absolute atomic E-state index is 13.2. The van der Waals surface area contributed by atoms with Crippen molar-refractivity contribution in [2.45, 2.75) is 51.6 Å². The molecule has 0 aliphatic heterocycles. The van der Waals surface area contributed by atoms with E-state index in [0.717, 1.165) is 36.8 Å². The number of nitrogens with one attached hydrogen (secondary N) is 2. The summed E-state index contributed by atoms with van der Waals surface area (Å²) in [6.07, 6.45) is 2.71. The standard InChI is InChI=1S/C26H31F2N7O2/c1-14-30-19-10-7-16(11-20(19)35(14)13-21(27)28)18-12-29-23-22(18)24(37-4)33-26(32-23)31-17-8-5-15(6-9-17)25(36)34(2)3/h7,10-12,15,17,21H,5-6,8-9,13H2,1-4H3,(H2,29,31,32,33). The number of aromatic amines is 1. The maximum atomic E-state index is 13.2. The number of fused-ring (bicyclic) bond motifs is 2. The van der Waals surface area contributed by atoms with Crippen LogP contribution in [0.15, 0.2) is 24.4 Å². The monoisotopic (exact) mass is 511 g/mol. The smallest absolute Gasteiger partial charge is 0.256 e. The number of halogens is 2. The molecule has 4 aromatic rings. The SMILES string of the molecule is COc1nc(NC2CCC(C(=O)N(C)C)CC2)nc2[nH]cc(-c3ccc4nc(C)n(CC(F)F)c4c3)c12. The summed E-state index contributed by atoms with van der Waals surface area (Å²) in [7, 11) is 5.15. The number of carbonyl (C=O) groups excluding carboxylic acids is 1. The van der Waals surface area contributed by atoms with E-state index in [0.29, 0.717) is 39.7 Å². The molecule has 3 aromatic heterocycles. The molecule has 3 heterocycles. The first kappa shape index (κ1) is 24.9. The largest absolute Gasteiger partial charge is 0.480 e. The van der Waals surface area contributed by atoms with Gasteiger partial charge in [0.25, 0.3) is 6.43 Å². The normalized spacial score (nSPS) is 18.0. The molecule has 1 aliphatic rings. The molecule has 11 heteroatoms. The van der Waals surface area contributed by atoms with Crippen molar-refractivity contribution >= 4 is 33.9 Å². The maximum Gasteiger partial charge on any atom is 0.256 e. The number of anilines is 1. The van der Waals surface area contributed by atoms with Gasteiger partial charge in [-0.3, -0.25) is 4.79 Å². The number of nitrogens with zero attached hydrogens (tertiary/aromatic N) is 5. The molecule has 0 atom stereocenters. The lowest BCUT2D eigenvalue weighted by Crippen LogP contribution is -2.35. The highest BCUT2D eigenvalue weighted by molar-refractivity contribution is 5.99. The van der Waals surface area contributed by atoms with Gasteiger partial charge in [-0.05, 0) is 50.3 Å². The predicted octanol–water partition coefficient (Wildman–Crippen LogP) is 4.62. The van der Waals surface area contributed by atoms with Crippen molar-refractivity contribution in [3.63, 3.8) is 0 Å². The molecule has 9 nitrogen and oxygen atoms in total. The van der Waals surface area contributed by atoms with Gasteiger partial charge in [-0.2, -0.15) is 9.97 Å². The number of H-pyrrole nitrogens is 1. The molecule has 0 spiro atoms. The summed E-state index contributed by atoms with van der Waals surface area (Å²) in [5, 5.41) is 4.12. The molecule has 0 unspecified atom stereocenters. The average Bonchev–Trinajstić information content (AvgIpc) is 3.43. The van der Waals surface area contributed by atoms with Gasteiger partial charge in [-0.15, -0.1) is 0 Å². The molecule has 0 saturated heterocycles. The Morgan fingerprint density at radius 2 is 1.97 bits per heavy atom. The fraction of sp³-hybridized carbons (Fsp3) is 0.462. The summed E-state index contributed by atoms with van der Waals surface area (Å²) in [5.41, 5.74) is 3.55. The van der Waals surface area contributed by atoms with Crippen LogP contribution in [-0.2, 0) is 11.3 Å². The zero-order valence-corrected chi connectivity index (χ0v) is 21.4. The van der Waals surface area contributed by atoms with Crippen molar-refractivity contribution in [1.29, 1.82) is 0 Å². The van der Waals surface area contributed by atoms with E-state index in [2.05, 4.69) is 25.3 Å². The van der Waals surface area contributed by atoms with Gasteiger partial charge >= 0.3 is 0 Å². The molecule has 2 N–H and O–H groups in total. The van der Waals surface area contributed by atoms with E-state index < -0.39 is 13.0 Å². The molecule has 1 aliphatic carbocycles. The lowest BCUT2D eigenvalue weighted by atomic mass is 9.85. The number of hydrogen-bond donors (Lipinski definition) is 2. The van der Waals surface area contributed by atoms with Gasteiger partial charge in [0, 0.05) is 37.8 Å². The fourth-order valence-corrected chi connectivity index (χ4v) is 5.25. The highest BCUT2D eigenvalue weighted by Gasteiger charge is 2.28. The predicted molar refractivity (Wildman–Crippen MR) is 138 cm³/mol. The van der Waals surface area contributed by atoms with E-state index in [4.69, 9.17) is 4.74 Å². The third-order valence-electron chi connectivity index (χ3n) is 7.11. The van der Waals surface area contributed by atoms with Gasteiger partial charge in [0.05, 0.1) is 30.1 Å². The quantitative estimate of drug-likeness (QED) is 0.376. The van der Waals surface area contributed by atoms with E-state index in [1.807, 2.05) is 24.4 Å². The number of rotatable bonds is 7. The van der Waals surface area contributed by atoms with Crippen LogP contribution in [0.5, 0.6) is 5.88 Å². The minimum Gasteiger partial charge on any atom is -0.480 e. The minimum absolute atomic E-state index is 0.0649. The molecule has 37 heavy (non-hydrogen) atoms. The van der Waals surface area contributed by atoms with Crippen LogP contribution in [0.25, 0.3) is 33.2 Å². The van der Waals surface area contributed by atoms with Gasteiger partial charge in [0.2, 0.25) is 17.7 Å². The second kappa shape index (κ2) is 9.95. The third-order valence-corrected chi connectivity index (χ3v) is 7.11. The van der Waals surface area contributed by atoms with E-state index >= 15 is 0 Å². The Labute approximate surface area is 213 Å². The van der Waals surface area contributed by atoms with Crippen LogP contribution in [0.4, 0.5) is 14.7 Å². The lowest BCUT2D eigenvalue weighted by Gasteiger charge is -2.29. The molecule has 0 radical (unpaired) electrons.